The monoisotopic (exact) mass is 475 g/mol. The Kier molecular flexibility index (Phi) is 7.03. The molecule has 7 heteroatoms. The lowest BCUT2D eigenvalue weighted by Crippen LogP contribution is -2.32. The fraction of sp³-hybridized carbons (Fsp3) is 0.370. The number of amides is 1. The Morgan fingerprint density at radius 1 is 1.15 bits per heavy atom. The topological polar surface area (TPSA) is 62.2 Å². The van der Waals surface area contributed by atoms with Crippen LogP contribution < -0.4 is 10.6 Å². The molecule has 0 bridgehead atoms. The molecule has 3 aromatic rings. The highest BCUT2D eigenvalue weighted by Crippen LogP contribution is 2.39. The molecular formula is C27H33N5OS. The first kappa shape index (κ1) is 24.0. The molecule has 0 aliphatic carbocycles. The summed E-state index contributed by atoms with van der Waals surface area (Å²) in [5, 5.41) is 7.18. The van der Waals surface area contributed by atoms with Gasteiger partial charge >= 0.3 is 0 Å². The van der Waals surface area contributed by atoms with Crippen molar-refractivity contribution in [2.45, 2.75) is 58.2 Å². The highest BCUT2D eigenvalue weighted by Gasteiger charge is 2.40. The number of rotatable bonds is 7. The van der Waals surface area contributed by atoms with Crippen LogP contribution >= 0.6 is 12.2 Å². The van der Waals surface area contributed by atoms with E-state index in [1.165, 1.54) is 0 Å². The summed E-state index contributed by atoms with van der Waals surface area (Å²) >= 11 is 5.74. The zero-order valence-electron chi connectivity index (χ0n) is 20.3. The number of benzene rings is 1. The van der Waals surface area contributed by atoms with Gasteiger partial charge in [-0.3, -0.25) is 9.78 Å². The van der Waals surface area contributed by atoms with E-state index in [2.05, 4.69) is 71.2 Å². The SMILES string of the molecule is CCc1ccccc1NC(=O)CCN1C(=S)N[C@H](c2ccccn2)[C@@H]1c1ccn(C(C)(C)C)c1. The molecule has 1 aliphatic rings. The van der Waals surface area contributed by atoms with Gasteiger partial charge in [0, 0.05) is 42.8 Å². The molecule has 3 heterocycles. The van der Waals surface area contributed by atoms with E-state index in [1.54, 1.807) is 6.20 Å². The van der Waals surface area contributed by atoms with Gasteiger partial charge in [-0.25, -0.2) is 0 Å². The molecule has 1 saturated heterocycles. The maximum absolute atomic E-state index is 12.9. The third kappa shape index (κ3) is 5.14. The van der Waals surface area contributed by atoms with Crippen molar-refractivity contribution in [1.82, 2.24) is 19.8 Å². The van der Waals surface area contributed by atoms with Crippen molar-refractivity contribution in [3.63, 3.8) is 0 Å². The Morgan fingerprint density at radius 3 is 2.59 bits per heavy atom. The van der Waals surface area contributed by atoms with Crippen LogP contribution in [0, 0.1) is 0 Å². The van der Waals surface area contributed by atoms with Gasteiger partial charge < -0.3 is 20.1 Å². The first-order valence-corrected chi connectivity index (χ1v) is 12.2. The van der Waals surface area contributed by atoms with Crippen molar-refractivity contribution in [3.05, 3.63) is 83.9 Å². The average Bonchev–Trinajstić information content (AvgIpc) is 3.43. The standard InChI is InChI=1S/C27H33N5OS/c1-5-19-10-6-7-11-21(19)29-23(33)14-17-32-25(20-13-16-31(18-20)27(2,3)4)24(30-26(32)34)22-12-8-9-15-28-22/h6-13,15-16,18,24-25H,5,14,17H2,1-4H3,(H,29,33)(H,30,34)/t24-,25+/m1/s1. The van der Waals surface area contributed by atoms with Crippen molar-refractivity contribution in [2.24, 2.45) is 0 Å². The van der Waals surface area contributed by atoms with E-state index in [0.717, 1.165) is 28.9 Å². The minimum Gasteiger partial charge on any atom is -0.352 e. The summed E-state index contributed by atoms with van der Waals surface area (Å²) in [7, 11) is 0. The second-order valence-corrected chi connectivity index (χ2v) is 10.0. The van der Waals surface area contributed by atoms with E-state index < -0.39 is 0 Å². The van der Waals surface area contributed by atoms with Crippen LogP contribution in [0.4, 0.5) is 5.69 Å². The number of nitrogens with zero attached hydrogens (tertiary/aromatic N) is 3. The van der Waals surface area contributed by atoms with E-state index in [0.29, 0.717) is 18.1 Å². The van der Waals surface area contributed by atoms with Gasteiger partial charge in [-0.15, -0.1) is 0 Å². The van der Waals surface area contributed by atoms with Gasteiger partial charge in [0.2, 0.25) is 5.91 Å². The maximum Gasteiger partial charge on any atom is 0.226 e. The van der Waals surface area contributed by atoms with E-state index in [-0.39, 0.29) is 23.5 Å². The second-order valence-electron chi connectivity index (χ2n) is 9.65. The fourth-order valence-electron chi connectivity index (χ4n) is 4.40. The molecule has 1 fully saturated rings. The minimum absolute atomic E-state index is 0.0176. The van der Waals surface area contributed by atoms with Crippen molar-refractivity contribution >= 4 is 28.9 Å². The summed E-state index contributed by atoms with van der Waals surface area (Å²) in [6.07, 6.45) is 7.30. The molecule has 1 aromatic carbocycles. The van der Waals surface area contributed by atoms with E-state index in [9.17, 15) is 4.79 Å². The number of aryl methyl sites for hydroxylation is 1. The van der Waals surface area contributed by atoms with Crippen LogP contribution in [0.1, 0.15) is 63.0 Å². The average molecular weight is 476 g/mol. The zero-order valence-corrected chi connectivity index (χ0v) is 21.1. The van der Waals surface area contributed by atoms with Gasteiger partial charge in [0.25, 0.3) is 0 Å². The van der Waals surface area contributed by atoms with Gasteiger partial charge in [-0.2, -0.15) is 0 Å². The summed E-state index contributed by atoms with van der Waals surface area (Å²) in [4.78, 5) is 19.6. The third-order valence-electron chi connectivity index (χ3n) is 6.28. The Hall–Kier alpha value is -3.19. The van der Waals surface area contributed by atoms with Crippen LogP contribution in [0.15, 0.2) is 67.1 Å². The lowest BCUT2D eigenvalue weighted by Gasteiger charge is -2.27. The van der Waals surface area contributed by atoms with Gasteiger partial charge in [0.1, 0.15) is 0 Å². The Morgan fingerprint density at radius 2 is 1.91 bits per heavy atom. The number of hydrogen-bond donors (Lipinski definition) is 2. The summed E-state index contributed by atoms with van der Waals surface area (Å²) in [6, 6.07) is 15.9. The largest absolute Gasteiger partial charge is 0.352 e. The number of para-hydroxylation sites is 1. The van der Waals surface area contributed by atoms with Gasteiger partial charge in [0.15, 0.2) is 5.11 Å². The smallest absolute Gasteiger partial charge is 0.226 e. The molecule has 2 atom stereocenters. The molecule has 1 amide bonds. The van der Waals surface area contributed by atoms with Gasteiger partial charge in [-0.1, -0.05) is 31.2 Å². The number of nitrogens with one attached hydrogen (secondary N) is 2. The number of hydrogen-bond acceptors (Lipinski definition) is 3. The molecule has 0 radical (unpaired) electrons. The Bertz CT molecular complexity index is 1150. The zero-order chi connectivity index (χ0) is 24.3. The Labute approximate surface area is 207 Å². The van der Waals surface area contributed by atoms with Crippen molar-refractivity contribution in [1.29, 1.82) is 0 Å². The molecule has 1 aliphatic heterocycles. The van der Waals surface area contributed by atoms with Crippen molar-refractivity contribution < 1.29 is 4.79 Å². The van der Waals surface area contributed by atoms with Gasteiger partial charge in [0.05, 0.1) is 17.8 Å². The summed E-state index contributed by atoms with van der Waals surface area (Å²) in [5.41, 5.74) is 4.06. The van der Waals surface area contributed by atoms with Crippen LogP contribution in [-0.4, -0.2) is 32.0 Å². The van der Waals surface area contributed by atoms with E-state index >= 15 is 0 Å². The molecular weight excluding hydrogens is 442 g/mol. The van der Waals surface area contributed by atoms with E-state index in [1.807, 2.05) is 42.5 Å². The molecule has 178 valence electrons. The predicted octanol–water partition coefficient (Wildman–Crippen LogP) is 5.20. The third-order valence-corrected chi connectivity index (χ3v) is 6.63. The number of anilines is 1. The number of pyridine rings is 1. The van der Waals surface area contributed by atoms with Crippen LogP contribution in [0.2, 0.25) is 0 Å². The van der Waals surface area contributed by atoms with E-state index in [4.69, 9.17) is 12.2 Å². The highest BCUT2D eigenvalue weighted by atomic mass is 32.1. The fourth-order valence-corrected chi connectivity index (χ4v) is 4.73. The maximum atomic E-state index is 12.9. The summed E-state index contributed by atoms with van der Waals surface area (Å²) in [6.45, 7) is 9.15. The van der Waals surface area contributed by atoms with Crippen LogP contribution in [0.3, 0.4) is 0 Å². The second kappa shape index (κ2) is 9.97. The number of carbonyl (C=O) groups is 1. The molecule has 0 saturated carbocycles. The Balaban J connectivity index is 1.56. The molecule has 2 aromatic heterocycles. The normalized spacial score (nSPS) is 18.1. The highest BCUT2D eigenvalue weighted by molar-refractivity contribution is 7.80. The first-order chi connectivity index (χ1) is 16.3. The predicted molar refractivity (Wildman–Crippen MR) is 141 cm³/mol. The van der Waals surface area contributed by atoms with Crippen LogP contribution in [0.5, 0.6) is 0 Å². The molecule has 6 nitrogen and oxygen atoms in total. The van der Waals surface area contributed by atoms with Crippen molar-refractivity contribution in [2.75, 3.05) is 11.9 Å². The molecule has 0 spiro atoms. The van der Waals surface area contributed by atoms with Crippen LogP contribution in [-0.2, 0) is 16.8 Å². The minimum atomic E-state index is -0.0894. The summed E-state index contributed by atoms with van der Waals surface area (Å²) < 4.78 is 2.21. The van der Waals surface area contributed by atoms with Crippen LogP contribution in [0.25, 0.3) is 0 Å². The number of thiocarbonyl (C=S) groups is 1. The molecule has 0 unspecified atom stereocenters. The number of aromatic nitrogens is 2. The summed E-state index contributed by atoms with van der Waals surface area (Å²) in [5.74, 6) is -0.0176. The molecule has 4 rings (SSSR count). The number of carbonyl (C=O) groups excluding carboxylic acids is 1. The lowest BCUT2D eigenvalue weighted by atomic mass is 9.99. The molecule has 34 heavy (non-hydrogen) atoms. The quantitative estimate of drug-likeness (QED) is 0.460. The van der Waals surface area contributed by atoms with Gasteiger partial charge in [-0.05, 0) is 74.8 Å². The lowest BCUT2D eigenvalue weighted by molar-refractivity contribution is -0.116. The molecule has 2 N–H and O–H groups in total. The van der Waals surface area contributed by atoms with Crippen molar-refractivity contribution in [3.8, 4) is 0 Å². The first-order valence-electron chi connectivity index (χ1n) is 11.8.